The maximum absolute atomic E-state index is 10.2. The van der Waals surface area contributed by atoms with Crippen LogP contribution < -0.4 is 5.32 Å². The minimum absolute atomic E-state index is 0.00505. The molecule has 0 amide bonds. The Morgan fingerprint density at radius 3 is 2.50 bits per heavy atom. The Hall–Kier alpha value is -0.880. The molecule has 1 aliphatic rings. The molecule has 0 bridgehead atoms. The standard InChI is InChI=1S/C15H27NO4/c1-4-18-13-9-7-8-12(15(13)17)10-16-11-14(19-5-2)20-6-3/h7-9,12,14-17H,4-6,10-11H2,1-3H3. The average Bonchev–Trinajstić information content (AvgIpc) is 2.43. The maximum Gasteiger partial charge on any atom is 0.169 e. The molecule has 0 aromatic rings. The van der Waals surface area contributed by atoms with Crippen molar-refractivity contribution in [3.63, 3.8) is 0 Å². The first-order valence-corrected chi connectivity index (χ1v) is 7.36. The molecular formula is C15H27NO4. The summed E-state index contributed by atoms with van der Waals surface area (Å²) in [5.41, 5.74) is 0. The summed E-state index contributed by atoms with van der Waals surface area (Å²) in [4.78, 5) is 0. The van der Waals surface area contributed by atoms with Crippen LogP contribution in [0.25, 0.3) is 0 Å². The summed E-state index contributed by atoms with van der Waals surface area (Å²) in [5.74, 6) is 0.637. The lowest BCUT2D eigenvalue weighted by Crippen LogP contribution is -2.38. The molecule has 0 aromatic carbocycles. The van der Waals surface area contributed by atoms with Gasteiger partial charge in [-0.2, -0.15) is 0 Å². The second-order valence-corrected chi connectivity index (χ2v) is 4.49. The second kappa shape index (κ2) is 9.94. The first kappa shape index (κ1) is 17.2. The zero-order valence-corrected chi connectivity index (χ0v) is 12.7. The highest BCUT2D eigenvalue weighted by atomic mass is 16.7. The quantitative estimate of drug-likeness (QED) is 0.595. The summed E-state index contributed by atoms with van der Waals surface area (Å²) in [6.45, 7) is 8.86. The first-order valence-electron chi connectivity index (χ1n) is 7.36. The van der Waals surface area contributed by atoms with Gasteiger partial charge in [0.25, 0.3) is 0 Å². The van der Waals surface area contributed by atoms with E-state index in [1.807, 2.05) is 39.0 Å². The predicted octanol–water partition coefficient (Wildman–Crippen LogP) is 1.44. The summed E-state index contributed by atoms with van der Waals surface area (Å²) < 4.78 is 16.3. The SMILES string of the molecule is CCOC1=CC=CC(CNCC(OCC)OCC)C1O. The van der Waals surface area contributed by atoms with E-state index in [2.05, 4.69) is 5.32 Å². The Morgan fingerprint density at radius 1 is 1.20 bits per heavy atom. The van der Waals surface area contributed by atoms with Crippen molar-refractivity contribution in [3.8, 4) is 0 Å². The van der Waals surface area contributed by atoms with Gasteiger partial charge in [0.15, 0.2) is 6.29 Å². The van der Waals surface area contributed by atoms with Crippen LogP contribution in [0.2, 0.25) is 0 Å². The summed E-state index contributed by atoms with van der Waals surface area (Å²) in [7, 11) is 0. The molecule has 0 aliphatic heterocycles. The van der Waals surface area contributed by atoms with Gasteiger partial charge in [0.2, 0.25) is 0 Å². The van der Waals surface area contributed by atoms with Crippen molar-refractivity contribution in [2.75, 3.05) is 32.9 Å². The molecule has 0 radical (unpaired) electrons. The van der Waals surface area contributed by atoms with Crippen LogP contribution in [0.4, 0.5) is 0 Å². The molecule has 0 aromatic heterocycles. The van der Waals surface area contributed by atoms with Crippen LogP contribution in [-0.4, -0.2) is 50.4 Å². The Morgan fingerprint density at radius 2 is 1.90 bits per heavy atom. The van der Waals surface area contributed by atoms with Crippen molar-refractivity contribution in [1.82, 2.24) is 5.32 Å². The molecule has 20 heavy (non-hydrogen) atoms. The van der Waals surface area contributed by atoms with Crippen molar-refractivity contribution in [2.24, 2.45) is 5.92 Å². The Balaban J connectivity index is 2.34. The molecule has 2 unspecified atom stereocenters. The average molecular weight is 285 g/mol. The topological polar surface area (TPSA) is 60.0 Å². The lowest BCUT2D eigenvalue weighted by molar-refractivity contribution is -0.133. The van der Waals surface area contributed by atoms with Gasteiger partial charge in [-0.1, -0.05) is 12.2 Å². The van der Waals surface area contributed by atoms with E-state index in [1.54, 1.807) is 0 Å². The van der Waals surface area contributed by atoms with Crippen LogP contribution in [0, 0.1) is 5.92 Å². The van der Waals surface area contributed by atoms with Crippen LogP contribution >= 0.6 is 0 Å². The van der Waals surface area contributed by atoms with Crippen molar-refractivity contribution in [3.05, 3.63) is 24.0 Å². The van der Waals surface area contributed by atoms with Crippen LogP contribution in [0.1, 0.15) is 20.8 Å². The van der Waals surface area contributed by atoms with Crippen LogP contribution in [0.3, 0.4) is 0 Å². The fraction of sp³-hybridized carbons (Fsp3) is 0.733. The molecule has 5 nitrogen and oxygen atoms in total. The van der Waals surface area contributed by atoms with Gasteiger partial charge in [-0.15, -0.1) is 0 Å². The molecule has 0 heterocycles. The van der Waals surface area contributed by atoms with Gasteiger partial charge in [0.1, 0.15) is 11.9 Å². The Bertz CT molecular complexity index is 311. The number of aliphatic hydroxyl groups excluding tert-OH is 1. The van der Waals surface area contributed by atoms with Crippen molar-refractivity contribution >= 4 is 0 Å². The number of allylic oxidation sites excluding steroid dienone is 2. The van der Waals surface area contributed by atoms with E-state index in [0.29, 0.717) is 38.7 Å². The number of hydrogen-bond donors (Lipinski definition) is 2. The number of rotatable bonds is 10. The fourth-order valence-corrected chi connectivity index (χ4v) is 2.09. The van der Waals surface area contributed by atoms with Crippen LogP contribution in [0.15, 0.2) is 24.0 Å². The number of ether oxygens (including phenoxy) is 3. The Kier molecular flexibility index (Phi) is 8.53. The van der Waals surface area contributed by atoms with E-state index in [9.17, 15) is 5.11 Å². The largest absolute Gasteiger partial charge is 0.495 e. The number of aliphatic hydroxyl groups is 1. The van der Waals surface area contributed by atoms with Gasteiger partial charge in [0.05, 0.1) is 6.61 Å². The minimum Gasteiger partial charge on any atom is -0.495 e. The van der Waals surface area contributed by atoms with E-state index < -0.39 is 6.10 Å². The molecule has 0 saturated carbocycles. The molecular weight excluding hydrogens is 258 g/mol. The summed E-state index contributed by atoms with van der Waals surface area (Å²) in [6, 6.07) is 0. The highest BCUT2D eigenvalue weighted by molar-refractivity contribution is 5.20. The summed E-state index contributed by atoms with van der Waals surface area (Å²) >= 11 is 0. The maximum atomic E-state index is 10.2. The van der Waals surface area contributed by atoms with Gasteiger partial charge < -0.3 is 24.6 Å². The molecule has 0 saturated heterocycles. The molecule has 5 heteroatoms. The molecule has 2 N–H and O–H groups in total. The molecule has 0 fully saturated rings. The van der Waals surface area contributed by atoms with E-state index in [4.69, 9.17) is 14.2 Å². The third-order valence-corrected chi connectivity index (χ3v) is 3.02. The summed E-state index contributed by atoms with van der Waals surface area (Å²) in [6.07, 6.45) is 4.89. The highest BCUT2D eigenvalue weighted by Gasteiger charge is 2.24. The molecule has 0 spiro atoms. The second-order valence-electron chi connectivity index (χ2n) is 4.49. The fourth-order valence-electron chi connectivity index (χ4n) is 2.09. The van der Waals surface area contributed by atoms with Crippen LogP contribution in [0.5, 0.6) is 0 Å². The monoisotopic (exact) mass is 285 g/mol. The zero-order chi connectivity index (χ0) is 14.8. The van der Waals surface area contributed by atoms with Gasteiger partial charge in [-0.25, -0.2) is 0 Å². The van der Waals surface area contributed by atoms with Gasteiger partial charge in [0, 0.05) is 32.2 Å². The van der Waals surface area contributed by atoms with Crippen molar-refractivity contribution in [1.29, 1.82) is 0 Å². The third-order valence-electron chi connectivity index (χ3n) is 3.02. The van der Waals surface area contributed by atoms with E-state index in [-0.39, 0.29) is 12.2 Å². The number of hydrogen-bond acceptors (Lipinski definition) is 5. The smallest absolute Gasteiger partial charge is 0.169 e. The first-order chi connectivity index (χ1) is 9.72. The van der Waals surface area contributed by atoms with E-state index >= 15 is 0 Å². The highest BCUT2D eigenvalue weighted by Crippen LogP contribution is 2.19. The van der Waals surface area contributed by atoms with Gasteiger partial charge in [-0.05, 0) is 26.8 Å². The molecule has 1 rings (SSSR count). The third kappa shape index (κ3) is 5.63. The molecule has 2 atom stereocenters. The summed E-state index contributed by atoms with van der Waals surface area (Å²) in [5, 5.41) is 13.5. The van der Waals surface area contributed by atoms with Gasteiger partial charge in [-0.3, -0.25) is 0 Å². The van der Waals surface area contributed by atoms with E-state index in [0.717, 1.165) is 0 Å². The lowest BCUT2D eigenvalue weighted by Gasteiger charge is -2.26. The Labute approximate surface area is 121 Å². The van der Waals surface area contributed by atoms with E-state index in [1.165, 1.54) is 0 Å². The lowest BCUT2D eigenvalue weighted by atomic mass is 9.96. The number of nitrogens with one attached hydrogen (secondary N) is 1. The van der Waals surface area contributed by atoms with Crippen molar-refractivity contribution in [2.45, 2.75) is 33.2 Å². The minimum atomic E-state index is -0.593. The van der Waals surface area contributed by atoms with Crippen molar-refractivity contribution < 1.29 is 19.3 Å². The zero-order valence-electron chi connectivity index (χ0n) is 12.7. The van der Waals surface area contributed by atoms with Gasteiger partial charge >= 0.3 is 0 Å². The predicted molar refractivity (Wildman–Crippen MR) is 78.3 cm³/mol. The molecule has 1 aliphatic carbocycles. The van der Waals surface area contributed by atoms with Crippen LogP contribution in [-0.2, 0) is 14.2 Å². The normalized spacial score (nSPS) is 22.1. The molecule has 116 valence electrons.